The van der Waals surface area contributed by atoms with Gasteiger partial charge in [0.15, 0.2) is 6.61 Å². The maximum Gasteiger partial charge on any atom is 0.338 e. The van der Waals surface area contributed by atoms with Gasteiger partial charge in [0.1, 0.15) is 11.5 Å². The predicted molar refractivity (Wildman–Crippen MR) is 109 cm³/mol. The Morgan fingerprint density at radius 1 is 0.828 bits per heavy atom. The third-order valence-electron chi connectivity index (χ3n) is 3.95. The van der Waals surface area contributed by atoms with Crippen LogP contribution in [0.25, 0.3) is 0 Å². The highest BCUT2D eigenvalue weighted by molar-refractivity contribution is 5.95. The first kappa shape index (κ1) is 20.1. The maximum atomic E-state index is 12.0. The highest BCUT2D eigenvalue weighted by atomic mass is 16.5. The molecule has 3 aromatic rings. The zero-order chi connectivity index (χ0) is 20.5. The van der Waals surface area contributed by atoms with Crippen LogP contribution in [0.15, 0.2) is 78.9 Å². The number of benzene rings is 3. The number of esters is 1. The van der Waals surface area contributed by atoms with E-state index in [1.165, 1.54) is 0 Å². The number of carbonyl (C=O) groups excluding carboxylic acids is 2. The Bertz CT molecular complexity index is 937. The third kappa shape index (κ3) is 6.19. The summed E-state index contributed by atoms with van der Waals surface area (Å²) in [5.74, 6) is 0.394. The summed E-state index contributed by atoms with van der Waals surface area (Å²) in [6, 6.07) is 23.2. The normalized spacial score (nSPS) is 10.2. The number of ether oxygens (including phenoxy) is 3. The quantitative estimate of drug-likeness (QED) is 0.576. The molecule has 6 heteroatoms. The van der Waals surface area contributed by atoms with Crippen LogP contribution >= 0.6 is 0 Å². The molecule has 0 spiro atoms. The zero-order valence-electron chi connectivity index (χ0n) is 16.0. The van der Waals surface area contributed by atoms with Crippen molar-refractivity contribution < 1.29 is 23.8 Å². The van der Waals surface area contributed by atoms with E-state index >= 15 is 0 Å². The molecule has 0 saturated heterocycles. The molecule has 0 saturated carbocycles. The molecular weight excluding hydrogens is 370 g/mol. The lowest BCUT2D eigenvalue weighted by molar-refractivity contribution is -0.119. The topological polar surface area (TPSA) is 73.9 Å². The van der Waals surface area contributed by atoms with Gasteiger partial charge >= 0.3 is 5.97 Å². The fraction of sp³-hybridized carbons (Fsp3) is 0.130. The Hall–Kier alpha value is -3.64. The Balaban J connectivity index is 1.47. The first-order valence-corrected chi connectivity index (χ1v) is 9.02. The fourth-order valence-electron chi connectivity index (χ4n) is 2.55. The summed E-state index contributed by atoms with van der Waals surface area (Å²) < 4.78 is 15.8. The summed E-state index contributed by atoms with van der Waals surface area (Å²) in [6.07, 6.45) is 0. The van der Waals surface area contributed by atoms with Crippen LogP contribution in [-0.2, 0) is 20.9 Å². The van der Waals surface area contributed by atoms with E-state index in [9.17, 15) is 9.59 Å². The molecule has 0 aliphatic carbocycles. The molecule has 0 radical (unpaired) electrons. The Kier molecular flexibility index (Phi) is 6.97. The number of nitrogens with one attached hydrogen (secondary N) is 1. The first-order chi connectivity index (χ1) is 14.1. The number of amides is 1. The number of hydrogen-bond donors (Lipinski definition) is 1. The molecule has 0 unspecified atom stereocenters. The molecule has 1 N–H and O–H groups in total. The summed E-state index contributed by atoms with van der Waals surface area (Å²) in [6.45, 7) is 0.0911. The van der Waals surface area contributed by atoms with Crippen LogP contribution in [0.3, 0.4) is 0 Å². The Labute approximate surface area is 169 Å². The molecule has 0 aliphatic heterocycles. The van der Waals surface area contributed by atoms with Gasteiger partial charge in [-0.2, -0.15) is 0 Å². The van der Waals surface area contributed by atoms with Crippen molar-refractivity contribution in [1.29, 1.82) is 0 Å². The number of methoxy groups -OCH3 is 1. The molecule has 0 aliphatic rings. The lowest BCUT2D eigenvalue weighted by Gasteiger charge is -2.09. The van der Waals surface area contributed by atoms with Crippen LogP contribution in [0, 0.1) is 0 Å². The van der Waals surface area contributed by atoms with E-state index in [1.807, 2.05) is 30.3 Å². The average molecular weight is 391 g/mol. The van der Waals surface area contributed by atoms with Crippen LogP contribution in [0.2, 0.25) is 0 Å². The van der Waals surface area contributed by atoms with Crippen molar-refractivity contribution in [2.24, 2.45) is 0 Å². The van der Waals surface area contributed by atoms with E-state index in [4.69, 9.17) is 14.2 Å². The Morgan fingerprint density at radius 2 is 1.48 bits per heavy atom. The zero-order valence-corrected chi connectivity index (χ0v) is 16.0. The monoisotopic (exact) mass is 391 g/mol. The van der Waals surface area contributed by atoms with Crippen molar-refractivity contribution in [3.8, 4) is 11.5 Å². The molecular formula is C23H21NO5. The van der Waals surface area contributed by atoms with Crippen molar-refractivity contribution in [3.05, 3.63) is 90.0 Å². The second kappa shape index (κ2) is 10.1. The van der Waals surface area contributed by atoms with Gasteiger partial charge in [-0.15, -0.1) is 0 Å². The van der Waals surface area contributed by atoms with E-state index in [0.29, 0.717) is 23.6 Å². The number of rotatable bonds is 8. The van der Waals surface area contributed by atoms with Gasteiger partial charge in [0.05, 0.1) is 12.2 Å². The van der Waals surface area contributed by atoms with Gasteiger partial charge in [-0.25, -0.2) is 4.79 Å². The van der Waals surface area contributed by atoms with Crippen molar-refractivity contribution in [2.75, 3.05) is 19.0 Å². The molecule has 0 fully saturated rings. The number of anilines is 1. The molecule has 0 heterocycles. The SMILES string of the molecule is COCc1ccc(C(=O)OCC(=O)Nc2ccc(Oc3ccccc3)cc2)cc1. The predicted octanol–water partition coefficient (Wildman–Crippen LogP) is 4.42. The van der Waals surface area contributed by atoms with E-state index in [0.717, 1.165) is 11.3 Å². The smallest absolute Gasteiger partial charge is 0.338 e. The molecule has 0 atom stereocenters. The molecule has 1 amide bonds. The fourth-order valence-corrected chi connectivity index (χ4v) is 2.55. The van der Waals surface area contributed by atoms with Crippen molar-refractivity contribution in [3.63, 3.8) is 0 Å². The van der Waals surface area contributed by atoms with Crippen molar-refractivity contribution in [2.45, 2.75) is 6.61 Å². The summed E-state index contributed by atoms with van der Waals surface area (Å²) in [5, 5.41) is 2.68. The van der Waals surface area contributed by atoms with Crippen molar-refractivity contribution >= 4 is 17.6 Å². The van der Waals surface area contributed by atoms with E-state index in [1.54, 1.807) is 55.6 Å². The minimum atomic E-state index is -0.560. The van der Waals surface area contributed by atoms with Crippen LogP contribution < -0.4 is 10.1 Å². The Morgan fingerprint density at radius 3 is 2.14 bits per heavy atom. The van der Waals surface area contributed by atoms with Gasteiger partial charge in [-0.3, -0.25) is 4.79 Å². The number of hydrogen-bond acceptors (Lipinski definition) is 5. The van der Waals surface area contributed by atoms with Gasteiger partial charge in [0, 0.05) is 12.8 Å². The second-order valence-electron chi connectivity index (χ2n) is 6.19. The van der Waals surface area contributed by atoms with Gasteiger partial charge in [0.2, 0.25) is 0 Å². The summed E-state index contributed by atoms with van der Waals surface area (Å²) in [5.41, 5.74) is 1.90. The summed E-state index contributed by atoms with van der Waals surface area (Å²) >= 11 is 0. The number of para-hydroxylation sites is 1. The van der Waals surface area contributed by atoms with Crippen LogP contribution in [0.1, 0.15) is 15.9 Å². The molecule has 0 bridgehead atoms. The largest absolute Gasteiger partial charge is 0.457 e. The van der Waals surface area contributed by atoms with E-state index < -0.39 is 11.9 Å². The summed E-state index contributed by atoms with van der Waals surface area (Å²) in [4.78, 5) is 24.1. The molecule has 29 heavy (non-hydrogen) atoms. The first-order valence-electron chi connectivity index (χ1n) is 9.02. The lowest BCUT2D eigenvalue weighted by atomic mass is 10.1. The van der Waals surface area contributed by atoms with Gasteiger partial charge in [0.25, 0.3) is 5.91 Å². The standard InChI is InChI=1S/C23H21NO5/c1-27-15-17-7-9-18(10-8-17)23(26)28-16-22(25)24-19-11-13-21(14-12-19)29-20-5-3-2-4-6-20/h2-14H,15-16H2,1H3,(H,24,25). The molecule has 6 nitrogen and oxygen atoms in total. The van der Waals surface area contributed by atoms with Gasteiger partial charge in [-0.05, 0) is 54.1 Å². The molecule has 0 aromatic heterocycles. The number of carbonyl (C=O) groups is 2. The maximum absolute atomic E-state index is 12.0. The lowest BCUT2D eigenvalue weighted by Crippen LogP contribution is -2.20. The van der Waals surface area contributed by atoms with Crippen LogP contribution in [-0.4, -0.2) is 25.6 Å². The highest BCUT2D eigenvalue weighted by Crippen LogP contribution is 2.22. The third-order valence-corrected chi connectivity index (χ3v) is 3.95. The van der Waals surface area contributed by atoms with E-state index in [-0.39, 0.29) is 6.61 Å². The minimum Gasteiger partial charge on any atom is -0.457 e. The van der Waals surface area contributed by atoms with Gasteiger partial charge < -0.3 is 19.5 Å². The molecule has 148 valence electrons. The van der Waals surface area contributed by atoms with E-state index in [2.05, 4.69) is 5.32 Å². The van der Waals surface area contributed by atoms with Gasteiger partial charge in [-0.1, -0.05) is 30.3 Å². The summed E-state index contributed by atoms with van der Waals surface area (Å²) in [7, 11) is 1.60. The minimum absolute atomic E-state index is 0.374. The van der Waals surface area contributed by atoms with Crippen LogP contribution in [0.4, 0.5) is 5.69 Å². The average Bonchev–Trinajstić information content (AvgIpc) is 2.75. The van der Waals surface area contributed by atoms with Crippen LogP contribution in [0.5, 0.6) is 11.5 Å². The molecule has 3 aromatic carbocycles. The second-order valence-corrected chi connectivity index (χ2v) is 6.19. The molecule has 3 rings (SSSR count). The highest BCUT2D eigenvalue weighted by Gasteiger charge is 2.10. The van der Waals surface area contributed by atoms with Crippen molar-refractivity contribution in [1.82, 2.24) is 0 Å².